The molecule has 0 bridgehead atoms. The summed E-state index contributed by atoms with van der Waals surface area (Å²) >= 11 is 0. The number of halogens is 1. The maximum Gasteiger partial charge on any atom is 0.123 e. The molecule has 0 amide bonds. The SMILES string of the molecule is Fc1ccc(-c2nc3n(c2-c2ccncc2)[C@H](COCc2cccnc2)CC3)cc1. The number of hydrogen-bond donors (Lipinski definition) is 0. The topological polar surface area (TPSA) is 52.8 Å². The minimum absolute atomic E-state index is 0.196. The van der Waals surface area contributed by atoms with E-state index in [-0.39, 0.29) is 11.9 Å². The predicted molar refractivity (Wildman–Crippen MR) is 112 cm³/mol. The lowest BCUT2D eigenvalue weighted by Gasteiger charge is -2.18. The first-order chi connectivity index (χ1) is 14.8. The Morgan fingerprint density at radius 1 is 0.967 bits per heavy atom. The van der Waals surface area contributed by atoms with Crippen LogP contribution in [0.1, 0.15) is 23.9 Å². The van der Waals surface area contributed by atoms with Crippen molar-refractivity contribution in [2.24, 2.45) is 0 Å². The van der Waals surface area contributed by atoms with Gasteiger partial charge in [-0.2, -0.15) is 0 Å². The van der Waals surface area contributed by atoms with E-state index in [1.165, 1.54) is 12.1 Å². The number of aryl methyl sites for hydroxylation is 1. The van der Waals surface area contributed by atoms with Gasteiger partial charge in [-0.05, 0) is 54.4 Å². The summed E-state index contributed by atoms with van der Waals surface area (Å²) in [5.41, 5.74) is 4.91. The van der Waals surface area contributed by atoms with Gasteiger partial charge in [0, 0.05) is 42.3 Å². The average molecular weight is 400 g/mol. The molecule has 0 saturated carbocycles. The molecule has 6 heteroatoms. The monoisotopic (exact) mass is 400 g/mol. The van der Waals surface area contributed by atoms with E-state index in [1.54, 1.807) is 30.7 Å². The van der Waals surface area contributed by atoms with Crippen LogP contribution in [0.2, 0.25) is 0 Å². The summed E-state index contributed by atoms with van der Waals surface area (Å²) in [5.74, 6) is 0.786. The van der Waals surface area contributed by atoms with E-state index in [1.807, 2.05) is 30.5 Å². The zero-order valence-electron chi connectivity index (χ0n) is 16.4. The van der Waals surface area contributed by atoms with Crippen LogP contribution in [0.25, 0.3) is 22.5 Å². The van der Waals surface area contributed by atoms with Crippen molar-refractivity contribution in [1.82, 2.24) is 19.5 Å². The Kier molecular flexibility index (Phi) is 5.07. The molecule has 1 aliphatic heterocycles. The maximum atomic E-state index is 13.5. The van der Waals surface area contributed by atoms with Gasteiger partial charge in [0.05, 0.1) is 30.6 Å². The van der Waals surface area contributed by atoms with E-state index >= 15 is 0 Å². The molecular weight excluding hydrogens is 379 g/mol. The minimum atomic E-state index is -0.252. The Hall–Kier alpha value is -3.38. The van der Waals surface area contributed by atoms with Gasteiger partial charge in [-0.1, -0.05) is 6.07 Å². The molecule has 1 atom stereocenters. The van der Waals surface area contributed by atoms with Crippen molar-refractivity contribution in [2.45, 2.75) is 25.5 Å². The lowest BCUT2D eigenvalue weighted by Crippen LogP contribution is -2.13. The van der Waals surface area contributed by atoms with E-state index in [0.717, 1.165) is 46.7 Å². The third-order valence-corrected chi connectivity index (χ3v) is 5.42. The Morgan fingerprint density at radius 3 is 2.57 bits per heavy atom. The number of benzene rings is 1. The molecule has 5 rings (SSSR count). The second-order valence-corrected chi connectivity index (χ2v) is 7.41. The molecule has 4 aromatic rings. The Labute approximate surface area is 174 Å². The van der Waals surface area contributed by atoms with Gasteiger partial charge < -0.3 is 9.30 Å². The van der Waals surface area contributed by atoms with Gasteiger partial charge in [-0.25, -0.2) is 9.37 Å². The van der Waals surface area contributed by atoms with Crippen LogP contribution >= 0.6 is 0 Å². The number of hydrogen-bond acceptors (Lipinski definition) is 4. The van der Waals surface area contributed by atoms with Crippen LogP contribution in [0.3, 0.4) is 0 Å². The molecule has 0 aliphatic carbocycles. The first-order valence-corrected chi connectivity index (χ1v) is 10.0. The van der Waals surface area contributed by atoms with Gasteiger partial charge >= 0.3 is 0 Å². The highest BCUT2D eigenvalue weighted by Gasteiger charge is 2.30. The highest BCUT2D eigenvalue weighted by Crippen LogP contribution is 2.39. The van der Waals surface area contributed by atoms with Crippen molar-refractivity contribution in [3.63, 3.8) is 0 Å². The van der Waals surface area contributed by atoms with Crippen molar-refractivity contribution in [3.8, 4) is 22.5 Å². The Morgan fingerprint density at radius 2 is 1.80 bits per heavy atom. The highest BCUT2D eigenvalue weighted by molar-refractivity contribution is 5.79. The number of imidazole rings is 1. The van der Waals surface area contributed by atoms with E-state index < -0.39 is 0 Å². The third-order valence-electron chi connectivity index (χ3n) is 5.42. The maximum absolute atomic E-state index is 13.5. The predicted octanol–water partition coefficient (Wildman–Crippen LogP) is 4.85. The molecule has 30 heavy (non-hydrogen) atoms. The zero-order chi connectivity index (χ0) is 20.3. The quantitative estimate of drug-likeness (QED) is 0.464. The summed E-state index contributed by atoms with van der Waals surface area (Å²) < 4.78 is 21.8. The van der Waals surface area contributed by atoms with Crippen LogP contribution in [-0.4, -0.2) is 26.1 Å². The molecule has 0 unspecified atom stereocenters. The molecule has 150 valence electrons. The highest BCUT2D eigenvalue weighted by atomic mass is 19.1. The van der Waals surface area contributed by atoms with E-state index in [0.29, 0.717) is 13.2 Å². The van der Waals surface area contributed by atoms with E-state index in [2.05, 4.69) is 14.5 Å². The molecule has 1 aliphatic rings. The van der Waals surface area contributed by atoms with Gasteiger partial charge in [0.15, 0.2) is 0 Å². The molecule has 0 spiro atoms. The number of pyridine rings is 2. The normalized spacial score (nSPS) is 15.3. The fraction of sp³-hybridized carbons (Fsp3) is 0.208. The second kappa shape index (κ2) is 8.16. The van der Waals surface area contributed by atoms with Crippen LogP contribution in [0.4, 0.5) is 4.39 Å². The molecule has 0 N–H and O–H groups in total. The van der Waals surface area contributed by atoms with Crippen LogP contribution in [0.15, 0.2) is 73.3 Å². The molecule has 1 aromatic carbocycles. The van der Waals surface area contributed by atoms with Crippen LogP contribution in [0.5, 0.6) is 0 Å². The first kappa shape index (κ1) is 18.6. The van der Waals surface area contributed by atoms with Gasteiger partial charge in [0.2, 0.25) is 0 Å². The zero-order valence-corrected chi connectivity index (χ0v) is 16.4. The molecule has 3 aromatic heterocycles. The second-order valence-electron chi connectivity index (χ2n) is 7.41. The minimum Gasteiger partial charge on any atom is -0.375 e. The van der Waals surface area contributed by atoms with Crippen molar-refractivity contribution in [1.29, 1.82) is 0 Å². The number of nitrogens with zero attached hydrogens (tertiary/aromatic N) is 4. The standard InChI is InChI=1S/C24H21FN4O/c25-20-5-3-18(4-6-20)23-24(19-9-12-26-13-10-19)29-21(7-8-22(29)28-23)16-30-15-17-2-1-11-27-14-17/h1-6,9-14,21H,7-8,15-16H2/t21-/m0/s1. The third kappa shape index (κ3) is 3.62. The summed E-state index contributed by atoms with van der Waals surface area (Å²) in [5, 5.41) is 0. The van der Waals surface area contributed by atoms with Gasteiger partial charge in [0.25, 0.3) is 0 Å². The summed E-state index contributed by atoms with van der Waals surface area (Å²) in [6.45, 7) is 1.13. The fourth-order valence-corrected chi connectivity index (χ4v) is 4.02. The smallest absolute Gasteiger partial charge is 0.123 e. The lowest BCUT2D eigenvalue weighted by atomic mass is 10.0. The first-order valence-electron chi connectivity index (χ1n) is 10.0. The average Bonchev–Trinajstić information content (AvgIpc) is 3.35. The largest absolute Gasteiger partial charge is 0.375 e. The van der Waals surface area contributed by atoms with Gasteiger partial charge in [-0.15, -0.1) is 0 Å². The van der Waals surface area contributed by atoms with Crippen molar-refractivity contribution >= 4 is 0 Å². The van der Waals surface area contributed by atoms with Crippen LogP contribution in [0, 0.1) is 5.82 Å². The fourth-order valence-electron chi connectivity index (χ4n) is 4.02. The summed E-state index contributed by atoms with van der Waals surface area (Å²) in [4.78, 5) is 13.2. The molecule has 0 saturated heterocycles. The summed E-state index contributed by atoms with van der Waals surface area (Å²) in [6, 6.07) is 14.6. The molecule has 0 radical (unpaired) electrons. The van der Waals surface area contributed by atoms with Crippen molar-refractivity contribution in [2.75, 3.05) is 6.61 Å². The van der Waals surface area contributed by atoms with Gasteiger partial charge in [0.1, 0.15) is 11.6 Å². The molecular formula is C24H21FN4O. The van der Waals surface area contributed by atoms with E-state index in [9.17, 15) is 4.39 Å². The molecule has 4 heterocycles. The Balaban J connectivity index is 1.48. The Bertz CT molecular complexity index is 1130. The van der Waals surface area contributed by atoms with Crippen LogP contribution < -0.4 is 0 Å². The van der Waals surface area contributed by atoms with E-state index in [4.69, 9.17) is 9.72 Å². The van der Waals surface area contributed by atoms with Crippen molar-refractivity contribution < 1.29 is 9.13 Å². The van der Waals surface area contributed by atoms with Gasteiger partial charge in [-0.3, -0.25) is 9.97 Å². The summed E-state index contributed by atoms with van der Waals surface area (Å²) in [6.07, 6.45) is 9.03. The number of ether oxygens (including phenoxy) is 1. The van der Waals surface area contributed by atoms with Crippen LogP contribution in [-0.2, 0) is 17.8 Å². The molecule has 0 fully saturated rings. The molecule has 5 nitrogen and oxygen atoms in total. The number of fused-ring (bicyclic) bond motifs is 1. The number of rotatable bonds is 6. The van der Waals surface area contributed by atoms with Crippen molar-refractivity contribution in [3.05, 3.63) is 90.5 Å². The number of aromatic nitrogens is 4. The summed E-state index contributed by atoms with van der Waals surface area (Å²) in [7, 11) is 0. The lowest BCUT2D eigenvalue weighted by molar-refractivity contribution is 0.0923.